The Morgan fingerprint density at radius 3 is 2.73 bits per heavy atom. The summed E-state index contributed by atoms with van der Waals surface area (Å²) in [6, 6.07) is 8.57. The van der Waals surface area contributed by atoms with Gasteiger partial charge in [0.2, 0.25) is 5.91 Å². The molecular weight excluding hydrogens is 495 g/mol. The summed E-state index contributed by atoms with van der Waals surface area (Å²) in [7, 11) is 3.75. The van der Waals surface area contributed by atoms with Crippen LogP contribution in [0.5, 0.6) is 5.75 Å². The molecule has 1 aromatic heterocycles. The first-order chi connectivity index (χ1) is 17.9. The van der Waals surface area contributed by atoms with Gasteiger partial charge in [-0.2, -0.15) is 0 Å². The van der Waals surface area contributed by atoms with Crippen LogP contribution in [0.3, 0.4) is 0 Å². The van der Waals surface area contributed by atoms with E-state index >= 15 is 0 Å². The van der Waals surface area contributed by atoms with Gasteiger partial charge in [-0.15, -0.1) is 0 Å². The monoisotopic (exact) mass is 526 g/mol. The first-order valence-electron chi connectivity index (χ1n) is 12.6. The third-order valence-corrected chi connectivity index (χ3v) is 7.82. The van der Waals surface area contributed by atoms with E-state index in [1.165, 1.54) is 12.4 Å². The molecule has 2 N–H and O–H groups in total. The predicted octanol–water partition coefficient (Wildman–Crippen LogP) is 4.92. The zero-order valence-electron chi connectivity index (χ0n) is 21.2. The van der Waals surface area contributed by atoms with Crippen molar-refractivity contribution in [2.24, 2.45) is 5.41 Å². The lowest BCUT2D eigenvalue weighted by atomic mass is 9.77. The van der Waals surface area contributed by atoms with E-state index in [2.05, 4.69) is 25.5 Å². The molecular formula is C27H32ClFN6O2. The fraction of sp³-hybridized carbons (Fsp3) is 0.444. The van der Waals surface area contributed by atoms with E-state index < -0.39 is 5.82 Å². The molecule has 0 atom stereocenters. The standard InChI is InChI=1S/C27H32ClFN6O2/c1-30-22-14-21-18(26(32-17-31-21)33-20-6-3-5-19(28)25(20)29)13-23(22)37-12-4-9-35-10-7-27(8-11-35)15-24(36)34(2)16-27/h3,5-6,13-14,17,30H,4,7-12,15-16H2,1-2H3,(H,31,32,33). The molecule has 3 aromatic rings. The number of halogens is 2. The van der Waals surface area contributed by atoms with Gasteiger partial charge in [0.05, 0.1) is 28.5 Å². The highest BCUT2D eigenvalue weighted by Crippen LogP contribution is 2.40. The Bertz CT molecular complexity index is 1300. The van der Waals surface area contributed by atoms with Gasteiger partial charge >= 0.3 is 0 Å². The second-order valence-corrected chi connectivity index (χ2v) is 10.4. The molecule has 0 aliphatic carbocycles. The van der Waals surface area contributed by atoms with Crippen LogP contribution in [0, 0.1) is 11.2 Å². The molecule has 37 heavy (non-hydrogen) atoms. The van der Waals surface area contributed by atoms with Crippen LogP contribution in [-0.4, -0.2) is 72.6 Å². The van der Waals surface area contributed by atoms with Gasteiger partial charge in [0.25, 0.3) is 0 Å². The molecule has 196 valence electrons. The molecule has 5 rings (SSSR count). The number of anilines is 3. The van der Waals surface area contributed by atoms with Crippen LogP contribution in [-0.2, 0) is 4.79 Å². The summed E-state index contributed by atoms with van der Waals surface area (Å²) >= 11 is 5.94. The average Bonchev–Trinajstić information content (AvgIpc) is 3.17. The molecule has 0 radical (unpaired) electrons. The highest BCUT2D eigenvalue weighted by molar-refractivity contribution is 6.31. The van der Waals surface area contributed by atoms with Crippen molar-refractivity contribution in [2.75, 3.05) is 57.5 Å². The molecule has 2 aliphatic rings. The van der Waals surface area contributed by atoms with Crippen molar-refractivity contribution in [2.45, 2.75) is 25.7 Å². The fourth-order valence-electron chi connectivity index (χ4n) is 5.38. The normalized spacial score (nSPS) is 17.5. The van der Waals surface area contributed by atoms with Crippen molar-refractivity contribution in [1.29, 1.82) is 0 Å². The lowest BCUT2D eigenvalue weighted by molar-refractivity contribution is -0.126. The number of amides is 1. The van der Waals surface area contributed by atoms with Crippen LogP contribution in [0.15, 0.2) is 36.7 Å². The van der Waals surface area contributed by atoms with Gasteiger partial charge < -0.3 is 25.2 Å². The Hall–Kier alpha value is -3.17. The molecule has 3 heterocycles. The number of nitrogens with zero attached hydrogens (tertiary/aromatic N) is 4. The van der Waals surface area contributed by atoms with Crippen LogP contribution >= 0.6 is 11.6 Å². The lowest BCUT2D eigenvalue weighted by Crippen LogP contribution is -2.41. The molecule has 1 spiro atoms. The zero-order chi connectivity index (χ0) is 26.0. The van der Waals surface area contributed by atoms with Crippen LogP contribution in [0.25, 0.3) is 10.9 Å². The number of fused-ring (bicyclic) bond motifs is 1. The third kappa shape index (κ3) is 5.43. The van der Waals surface area contributed by atoms with E-state index in [-0.39, 0.29) is 22.0 Å². The topological polar surface area (TPSA) is 82.6 Å². The number of benzene rings is 2. The molecule has 2 aromatic carbocycles. The Morgan fingerprint density at radius 2 is 2.00 bits per heavy atom. The second-order valence-electron chi connectivity index (χ2n) is 10.0. The summed E-state index contributed by atoms with van der Waals surface area (Å²) in [4.78, 5) is 25.1. The maximum atomic E-state index is 14.5. The quantitative estimate of drug-likeness (QED) is 0.403. The molecule has 10 heteroatoms. The number of likely N-dealkylation sites (tertiary alicyclic amines) is 2. The zero-order valence-corrected chi connectivity index (χ0v) is 21.9. The fourth-order valence-corrected chi connectivity index (χ4v) is 5.56. The Morgan fingerprint density at radius 1 is 1.19 bits per heavy atom. The van der Waals surface area contributed by atoms with Gasteiger partial charge in [-0.05, 0) is 62.0 Å². The van der Waals surface area contributed by atoms with E-state index in [0.29, 0.717) is 35.5 Å². The number of rotatable bonds is 8. The maximum Gasteiger partial charge on any atom is 0.222 e. The summed E-state index contributed by atoms with van der Waals surface area (Å²) in [5, 5.41) is 6.97. The smallest absolute Gasteiger partial charge is 0.222 e. The van der Waals surface area contributed by atoms with Crippen LogP contribution in [0.4, 0.5) is 21.6 Å². The van der Waals surface area contributed by atoms with Gasteiger partial charge in [-0.3, -0.25) is 4.79 Å². The highest BCUT2D eigenvalue weighted by Gasteiger charge is 2.43. The summed E-state index contributed by atoms with van der Waals surface area (Å²) < 4.78 is 20.6. The number of carbonyl (C=O) groups excluding carboxylic acids is 1. The average molecular weight is 527 g/mol. The summed E-state index contributed by atoms with van der Waals surface area (Å²) in [6.45, 7) is 4.44. The predicted molar refractivity (Wildman–Crippen MR) is 144 cm³/mol. The maximum absolute atomic E-state index is 14.5. The number of carbonyl (C=O) groups is 1. The van der Waals surface area contributed by atoms with Crippen LogP contribution in [0.1, 0.15) is 25.7 Å². The van der Waals surface area contributed by atoms with Crippen molar-refractivity contribution in [3.63, 3.8) is 0 Å². The van der Waals surface area contributed by atoms with Gasteiger partial charge in [0.15, 0.2) is 5.82 Å². The summed E-state index contributed by atoms with van der Waals surface area (Å²) in [5.74, 6) is 0.898. The van der Waals surface area contributed by atoms with Crippen molar-refractivity contribution in [1.82, 2.24) is 19.8 Å². The molecule has 1 amide bonds. The number of nitrogens with one attached hydrogen (secondary N) is 2. The number of piperidine rings is 1. The van der Waals surface area contributed by atoms with Crippen molar-refractivity contribution in [3.8, 4) is 5.75 Å². The van der Waals surface area contributed by atoms with Crippen molar-refractivity contribution < 1.29 is 13.9 Å². The number of aromatic nitrogens is 2. The second kappa shape index (κ2) is 10.7. The Kier molecular flexibility index (Phi) is 7.35. The molecule has 0 bridgehead atoms. The largest absolute Gasteiger partial charge is 0.491 e. The van der Waals surface area contributed by atoms with Gasteiger partial charge in [0, 0.05) is 39.0 Å². The third-order valence-electron chi connectivity index (χ3n) is 7.53. The Balaban J connectivity index is 1.22. The number of hydrogen-bond acceptors (Lipinski definition) is 7. The van der Waals surface area contributed by atoms with Crippen molar-refractivity contribution in [3.05, 3.63) is 47.5 Å². The van der Waals surface area contributed by atoms with E-state index in [9.17, 15) is 9.18 Å². The van der Waals surface area contributed by atoms with Gasteiger partial charge in [0.1, 0.15) is 17.9 Å². The SMILES string of the molecule is CNc1cc2ncnc(Nc3cccc(Cl)c3F)c2cc1OCCCN1CCC2(CC1)CC(=O)N(C)C2. The van der Waals surface area contributed by atoms with E-state index in [1.54, 1.807) is 12.1 Å². The molecule has 2 aliphatic heterocycles. The molecule has 2 saturated heterocycles. The molecule has 8 nitrogen and oxygen atoms in total. The van der Waals surface area contributed by atoms with Gasteiger partial charge in [-0.25, -0.2) is 14.4 Å². The highest BCUT2D eigenvalue weighted by atomic mass is 35.5. The van der Waals surface area contributed by atoms with Crippen LogP contribution in [0.2, 0.25) is 5.02 Å². The first-order valence-corrected chi connectivity index (χ1v) is 13.0. The van der Waals surface area contributed by atoms with E-state index in [1.807, 2.05) is 31.1 Å². The number of ether oxygens (including phenoxy) is 1. The minimum atomic E-state index is -0.533. The minimum absolute atomic E-state index is 0.0396. The summed E-state index contributed by atoms with van der Waals surface area (Å²) in [5.41, 5.74) is 1.94. The number of hydrogen-bond donors (Lipinski definition) is 2. The Labute approximate surface area is 221 Å². The minimum Gasteiger partial charge on any atom is -0.491 e. The molecule has 2 fully saturated rings. The van der Waals surface area contributed by atoms with Gasteiger partial charge in [-0.1, -0.05) is 17.7 Å². The first kappa shape index (κ1) is 25.5. The van der Waals surface area contributed by atoms with E-state index in [4.69, 9.17) is 16.3 Å². The lowest BCUT2D eigenvalue weighted by Gasteiger charge is -2.38. The van der Waals surface area contributed by atoms with Crippen LogP contribution < -0.4 is 15.4 Å². The molecule has 0 unspecified atom stereocenters. The summed E-state index contributed by atoms with van der Waals surface area (Å²) in [6.07, 6.45) is 5.16. The molecule has 0 saturated carbocycles. The van der Waals surface area contributed by atoms with Crippen molar-refractivity contribution >= 4 is 45.6 Å². The van der Waals surface area contributed by atoms with E-state index in [0.717, 1.165) is 51.1 Å².